The Morgan fingerprint density at radius 3 is 2.90 bits per heavy atom. The Bertz CT molecular complexity index is 972. The van der Waals surface area contributed by atoms with Crippen LogP contribution in [0.3, 0.4) is 0 Å². The minimum atomic E-state index is -0.282. The summed E-state index contributed by atoms with van der Waals surface area (Å²) in [6, 6.07) is 0. The van der Waals surface area contributed by atoms with Crippen molar-refractivity contribution in [2.24, 2.45) is 17.0 Å². The van der Waals surface area contributed by atoms with E-state index in [0.29, 0.717) is 5.92 Å². The Morgan fingerprint density at radius 1 is 1.23 bits per heavy atom. The predicted octanol–water partition coefficient (Wildman–Crippen LogP) is 2.94. The Hall–Kier alpha value is -2.28. The summed E-state index contributed by atoms with van der Waals surface area (Å²) in [4.78, 5) is 25.5. The van der Waals surface area contributed by atoms with E-state index >= 15 is 0 Å². The minimum absolute atomic E-state index is 0.0744. The number of hydrogen-bond acceptors (Lipinski definition) is 5. The lowest BCUT2D eigenvalue weighted by atomic mass is 9.81. The zero-order chi connectivity index (χ0) is 20.7. The maximum Gasteiger partial charge on any atom is 0.256 e. The molecule has 160 valence electrons. The van der Waals surface area contributed by atoms with Gasteiger partial charge in [-0.3, -0.25) is 9.36 Å². The van der Waals surface area contributed by atoms with Crippen molar-refractivity contribution in [2.75, 3.05) is 19.6 Å². The van der Waals surface area contributed by atoms with E-state index in [2.05, 4.69) is 10.1 Å². The van der Waals surface area contributed by atoms with Crippen LogP contribution in [0.25, 0.3) is 0 Å². The molecule has 1 aromatic rings. The van der Waals surface area contributed by atoms with Gasteiger partial charge in [-0.2, -0.15) is 0 Å². The van der Waals surface area contributed by atoms with E-state index in [4.69, 9.17) is 9.82 Å². The van der Waals surface area contributed by atoms with Crippen molar-refractivity contribution >= 4 is 5.71 Å². The molecule has 2 unspecified atom stereocenters. The smallest absolute Gasteiger partial charge is 0.256 e. The molecule has 1 saturated heterocycles. The molecule has 0 amide bonds. The number of likely N-dealkylation sites (tertiary alicyclic amines) is 1. The lowest BCUT2D eigenvalue weighted by Crippen LogP contribution is -2.40. The number of halogens is 1. The average molecular weight is 413 g/mol. The Balaban J connectivity index is 1.18. The first-order chi connectivity index (χ1) is 14.6. The molecule has 0 bridgehead atoms. The van der Waals surface area contributed by atoms with Gasteiger partial charge in [0.15, 0.2) is 6.10 Å². The van der Waals surface area contributed by atoms with E-state index < -0.39 is 0 Å². The maximum atomic E-state index is 13.4. The highest BCUT2D eigenvalue weighted by molar-refractivity contribution is 5.92. The first kappa shape index (κ1) is 19.7. The molecule has 0 N–H and O–H groups in total. The molecule has 1 aliphatic carbocycles. The van der Waals surface area contributed by atoms with Gasteiger partial charge < -0.3 is 9.74 Å². The fourth-order valence-electron chi connectivity index (χ4n) is 5.25. The molecule has 6 nitrogen and oxygen atoms in total. The predicted molar refractivity (Wildman–Crippen MR) is 113 cm³/mol. The van der Waals surface area contributed by atoms with Gasteiger partial charge in [-0.25, -0.2) is 9.37 Å². The normalized spacial score (nSPS) is 26.6. The lowest BCUT2D eigenvalue weighted by molar-refractivity contribution is 0.103. The topological polar surface area (TPSA) is 59.7 Å². The highest BCUT2D eigenvalue weighted by Crippen LogP contribution is 2.33. The summed E-state index contributed by atoms with van der Waals surface area (Å²) in [5, 5.41) is 4.30. The van der Waals surface area contributed by atoms with Crippen molar-refractivity contribution in [1.29, 1.82) is 0 Å². The molecule has 1 fully saturated rings. The van der Waals surface area contributed by atoms with E-state index in [9.17, 15) is 9.18 Å². The number of aryl methyl sites for hydroxylation is 2. The van der Waals surface area contributed by atoms with Crippen molar-refractivity contribution in [3.63, 3.8) is 0 Å². The minimum Gasteiger partial charge on any atom is -0.387 e. The number of aromatic nitrogens is 2. The summed E-state index contributed by atoms with van der Waals surface area (Å²) in [5.74, 6) is 1.17. The third kappa shape index (κ3) is 3.64. The van der Waals surface area contributed by atoms with Gasteiger partial charge in [0.1, 0.15) is 11.7 Å². The summed E-state index contributed by atoms with van der Waals surface area (Å²) < 4.78 is 15.3. The van der Waals surface area contributed by atoms with Crippen LogP contribution in [0.15, 0.2) is 34.0 Å². The molecule has 30 heavy (non-hydrogen) atoms. The van der Waals surface area contributed by atoms with Gasteiger partial charge in [-0.15, -0.1) is 0 Å². The highest BCUT2D eigenvalue weighted by Gasteiger charge is 2.38. The molecule has 0 saturated carbocycles. The van der Waals surface area contributed by atoms with Gasteiger partial charge in [-0.1, -0.05) is 11.2 Å². The van der Waals surface area contributed by atoms with Crippen molar-refractivity contribution in [2.45, 2.75) is 58.1 Å². The van der Waals surface area contributed by atoms with Crippen LogP contribution in [0.2, 0.25) is 0 Å². The summed E-state index contributed by atoms with van der Waals surface area (Å²) >= 11 is 0. The molecule has 2 atom stereocenters. The third-order valence-corrected chi connectivity index (χ3v) is 7.03. The van der Waals surface area contributed by atoms with Crippen molar-refractivity contribution in [3.05, 3.63) is 51.5 Å². The quantitative estimate of drug-likeness (QED) is 0.763. The fraction of sp³-hybridized carbons (Fsp3) is 0.609. The van der Waals surface area contributed by atoms with Crippen LogP contribution in [0, 0.1) is 18.8 Å². The molecule has 0 radical (unpaired) electrons. The SMILES string of the molecule is Cc1nc2n(c(=O)c1CCN1CCC(C3=NOC4C=C(F)C=CC34)CC1)CCCC2. The van der Waals surface area contributed by atoms with Crippen molar-refractivity contribution < 1.29 is 9.23 Å². The Kier molecular flexibility index (Phi) is 5.31. The zero-order valence-corrected chi connectivity index (χ0v) is 17.5. The van der Waals surface area contributed by atoms with E-state index in [1.165, 1.54) is 12.2 Å². The summed E-state index contributed by atoms with van der Waals surface area (Å²) in [7, 11) is 0. The second-order valence-electron chi connectivity index (χ2n) is 8.89. The van der Waals surface area contributed by atoms with E-state index in [-0.39, 0.29) is 23.4 Å². The Morgan fingerprint density at radius 2 is 2.07 bits per heavy atom. The van der Waals surface area contributed by atoms with Gasteiger partial charge in [0.2, 0.25) is 0 Å². The number of oxime groups is 1. The second-order valence-corrected chi connectivity index (χ2v) is 8.89. The average Bonchev–Trinajstić information content (AvgIpc) is 3.17. The standard InChI is InChI=1S/C23H29FN4O2/c1-15-18(23(29)28-10-3-2-4-21(28)25-15)9-13-27-11-7-16(8-12-27)22-19-6-5-17(24)14-20(19)30-26-22/h5-6,14,16,19-20H,2-4,7-13H2,1H3. The van der Waals surface area contributed by atoms with Gasteiger partial charge in [0.05, 0.1) is 11.6 Å². The highest BCUT2D eigenvalue weighted by atomic mass is 19.1. The lowest BCUT2D eigenvalue weighted by Gasteiger charge is -2.33. The Labute approximate surface area is 176 Å². The number of fused-ring (bicyclic) bond motifs is 2. The third-order valence-electron chi connectivity index (χ3n) is 7.03. The first-order valence-electron chi connectivity index (χ1n) is 11.2. The van der Waals surface area contributed by atoms with E-state index in [0.717, 1.165) is 87.5 Å². The van der Waals surface area contributed by atoms with Crippen LogP contribution in [0.4, 0.5) is 4.39 Å². The van der Waals surface area contributed by atoms with Crippen LogP contribution in [0.5, 0.6) is 0 Å². The summed E-state index contributed by atoms with van der Waals surface area (Å²) in [6.45, 7) is 5.62. The number of nitrogens with zero attached hydrogens (tertiary/aromatic N) is 4. The maximum absolute atomic E-state index is 13.4. The number of piperidine rings is 1. The largest absolute Gasteiger partial charge is 0.387 e. The summed E-state index contributed by atoms with van der Waals surface area (Å²) in [6.07, 6.45) is 10.5. The molecule has 4 heterocycles. The second kappa shape index (κ2) is 8.10. The molecule has 3 aliphatic heterocycles. The van der Waals surface area contributed by atoms with Crippen molar-refractivity contribution in [3.8, 4) is 0 Å². The van der Waals surface area contributed by atoms with Gasteiger partial charge in [0.25, 0.3) is 5.56 Å². The van der Waals surface area contributed by atoms with Crippen LogP contribution < -0.4 is 5.56 Å². The zero-order valence-electron chi connectivity index (χ0n) is 17.5. The molecule has 0 spiro atoms. The molecule has 7 heteroatoms. The molecule has 0 aromatic carbocycles. The van der Waals surface area contributed by atoms with Crippen LogP contribution in [0.1, 0.15) is 42.8 Å². The number of hydrogen-bond donors (Lipinski definition) is 0. The molecule has 1 aromatic heterocycles. The monoisotopic (exact) mass is 412 g/mol. The molecular weight excluding hydrogens is 383 g/mol. The van der Waals surface area contributed by atoms with E-state index in [1.807, 2.05) is 17.6 Å². The van der Waals surface area contributed by atoms with Gasteiger partial charge in [0, 0.05) is 36.7 Å². The van der Waals surface area contributed by atoms with E-state index in [1.54, 1.807) is 0 Å². The van der Waals surface area contributed by atoms with Crippen LogP contribution in [-0.4, -0.2) is 45.9 Å². The number of allylic oxidation sites excluding steroid dienone is 2. The van der Waals surface area contributed by atoms with Gasteiger partial charge >= 0.3 is 0 Å². The fourth-order valence-corrected chi connectivity index (χ4v) is 5.25. The molecule has 5 rings (SSSR count). The van der Waals surface area contributed by atoms with Crippen molar-refractivity contribution in [1.82, 2.24) is 14.5 Å². The van der Waals surface area contributed by atoms with Crippen LogP contribution >= 0.6 is 0 Å². The van der Waals surface area contributed by atoms with Crippen LogP contribution in [-0.2, 0) is 24.2 Å². The molecular formula is C23H29FN4O2. The van der Waals surface area contributed by atoms with Gasteiger partial charge in [-0.05, 0) is 64.3 Å². The summed E-state index contributed by atoms with van der Waals surface area (Å²) in [5.41, 5.74) is 3.00. The molecule has 4 aliphatic rings. The first-order valence-corrected chi connectivity index (χ1v) is 11.2. The number of rotatable bonds is 4.